The van der Waals surface area contributed by atoms with Gasteiger partial charge in [-0.25, -0.2) is 0 Å². The first kappa shape index (κ1) is 53.5. The lowest BCUT2D eigenvalue weighted by Crippen LogP contribution is -1.89. The largest absolute Gasteiger partial charge is 0.103 e. The number of hydrogen-bond acceptors (Lipinski definition) is 0. The Bertz CT molecular complexity index is 686. The van der Waals surface area contributed by atoms with Crippen LogP contribution in [-0.4, -0.2) is 0 Å². The summed E-state index contributed by atoms with van der Waals surface area (Å²) in [5, 5.41) is 0. The Hall–Kier alpha value is -0.520. The van der Waals surface area contributed by atoms with Gasteiger partial charge in [-0.15, -0.1) is 6.58 Å². The summed E-state index contributed by atoms with van der Waals surface area (Å²) in [4.78, 5) is 0. The van der Waals surface area contributed by atoms with E-state index in [-0.39, 0.29) is 0 Å². The molecule has 0 aromatic heterocycles. The first-order valence-corrected chi connectivity index (χ1v) is 26.1. The van der Waals surface area contributed by atoms with Gasteiger partial charge in [-0.05, 0) is 51.4 Å². The molecule has 0 fully saturated rings. The summed E-state index contributed by atoms with van der Waals surface area (Å²) in [5.74, 6) is 0. The molecule has 0 saturated heterocycles. The van der Waals surface area contributed by atoms with E-state index in [0.29, 0.717) is 0 Å². The van der Waals surface area contributed by atoms with Crippen LogP contribution in [0.15, 0.2) is 24.3 Å². The summed E-state index contributed by atoms with van der Waals surface area (Å²) >= 11 is 0. The molecule has 0 aromatic rings. The lowest BCUT2D eigenvalue weighted by atomic mass is 9.97. The molecule has 0 heteroatoms. The smallest absolute Gasteiger partial charge is 0.0320 e. The van der Waals surface area contributed by atoms with Crippen LogP contribution < -0.4 is 0 Å². The van der Waals surface area contributed by atoms with E-state index in [1.807, 2.05) is 5.57 Å². The SMILES string of the molecule is C=CCCCCCCCCCCCCCCCCCCCCCCCCCC(=CCCCCC)CCCCCCCCCCCCCCCCCCCC. The summed E-state index contributed by atoms with van der Waals surface area (Å²) in [5.41, 5.74) is 1.81. The normalized spacial score (nSPS) is 11.9. The molecule has 0 amide bonds. The van der Waals surface area contributed by atoms with Gasteiger partial charge in [0, 0.05) is 0 Å². The Kier molecular flexibility index (Phi) is 50.0. The molecule has 0 radical (unpaired) electrons. The van der Waals surface area contributed by atoms with Crippen molar-refractivity contribution in [1.82, 2.24) is 0 Å². The van der Waals surface area contributed by atoms with E-state index in [2.05, 4.69) is 32.6 Å². The number of hydrogen-bond donors (Lipinski definition) is 0. The fraction of sp³-hybridized carbons (Fsp3) is 0.926. The number of unbranched alkanes of at least 4 members (excludes halogenated alkanes) is 43. The second-order valence-corrected chi connectivity index (χ2v) is 18.1. The quantitative estimate of drug-likeness (QED) is 0.0429. The maximum absolute atomic E-state index is 3.82. The van der Waals surface area contributed by atoms with Gasteiger partial charge in [-0.3, -0.25) is 0 Å². The van der Waals surface area contributed by atoms with Crippen molar-refractivity contribution in [2.24, 2.45) is 0 Å². The Balaban J connectivity index is 3.54. The van der Waals surface area contributed by atoms with Crippen molar-refractivity contribution in [3.05, 3.63) is 24.3 Å². The molecule has 0 aromatic carbocycles. The Morgan fingerprint density at radius 2 is 0.463 bits per heavy atom. The van der Waals surface area contributed by atoms with Gasteiger partial charge in [0.05, 0.1) is 0 Å². The maximum Gasteiger partial charge on any atom is -0.0320 e. The predicted octanol–water partition coefficient (Wildman–Crippen LogP) is 20.9. The van der Waals surface area contributed by atoms with Crippen molar-refractivity contribution < 1.29 is 0 Å². The van der Waals surface area contributed by atoms with Crippen LogP contribution in [-0.2, 0) is 0 Å². The van der Waals surface area contributed by atoms with Crippen molar-refractivity contribution in [3.8, 4) is 0 Å². The topological polar surface area (TPSA) is 0 Å². The van der Waals surface area contributed by atoms with Crippen LogP contribution in [0, 0.1) is 0 Å². The average Bonchev–Trinajstić information content (AvgIpc) is 3.18. The molecule has 0 rings (SSSR count). The van der Waals surface area contributed by atoms with Crippen LogP contribution in [0.3, 0.4) is 0 Å². The van der Waals surface area contributed by atoms with Gasteiger partial charge >= 0.3 is 0 Å². The molecule has 0 spiro atoms. The van der Waals surface area contributed by atoms with Gasteiger partial charge in [0.25, 0.3) is 0 Å². The molecule has 0 aliphatic carbocycles. The third-order valence-electron chi connectivity index (χ3n) is 12.5. The standard InChI is InChI=1S/C54H106/c1-4-7-10-13-15-17-19-21-23-25-27-28-29-30-31-32-33-35-37-39-41-43-45-47-50-53-54(51-48-12-9-6-3)52-49-46-44-42-40-38-36-34-26-24-22-20-18-16-14-11-8-5-2/h4,51H,1,5-50,52-53H2,2-3H3. The summed E-state index contributed by atoms with van der Waals surface area (Å²) in [6.07, 6.45) is 74.4. The molecule has 0 aliphatic rings. The van der Waals surface area contributed by atoms with Crippen molar-refractivity contribution in [1.29, 1.82) is 0 Å². The molecule has 54 heavy (non-hydrogen) atoms. The van der Waals surface area contributed by atoms with E-state index in [1.54, 1.807) is 0 Å². The summed E-state index contributed by atoms with van der Waals surface area (Å²) in [6.45, 7) is 8.47. The Labute approximate surface area is 345 Å². The molecule has 0 atom stereocenters. The highest BCUT2D eigenvalue weighted by Crippen LogP contribution is 2.21. The summed E-state index contributed by atoms with van der Waals surface area (Å²) < 4.78 is 0. The summed E-state index contributed by atoms with van der Waals surface area (Å²) in [6, 6.07) is 0. The van der Waals surface area contributed by atoms with E-state index in [4.69, 9.17) is 0 Å². The monoisotopic (exact) mass is 755 g/mol. The zero-order valence-corrected chi connectivity index (χ0v) is 38.3. The van der Waals surface area contributed by atoms with Gasteiger partial charge in [0.2, 0.25) is 0 Å². The zero-order chi connectivity index (χ0) is 38.9. The molecule has 0 heterocycles. The van der Waals surface area contributed by atoms with Crippen molar-refractivity contribution in [2.75, 3.05) is 0 Å². The molecule has 0 aliphatic heterocycles. The second-order valence-electron chi connectivity index (χ2n) is 18.1. The number of rotatable bonds is 49. The van der Waals surface area contributed by atoms with Crippen LogP contribution in [0.4, 0.5) is 0 Å². The van der Waals surface area contributed by atoms with Gasteiger partial charge in [-0.1, -0.05) is 288 Å². The third-order valence-corrected chi connectivity index (χ3v) is 12.5. The van der Waals surface area contributed by atoms with E-state index in [1.165, 1.54) is 308 Å². The molecule has 322 valence electrons. The van der Waals surface area contributed by atoms with E-state index in [9.17, 15) is 0 Å². The highest BCUT2D eigenvalue weighted by Gasteiger charge is 2.02. The van der Waals surface area contributed by atoms with Crippen molar-refractivity contribution >= 4 is 0 Å². The molecule has 0 saturated carbocycles. The molecular weight excluding hydrogens is 649 g/mol. The predicted molar refractivity (Wildman–Crippen MR) is 251 cm³/mol. The average molecular weight is 755 g/mol. The van der Waals surface area contributed by atoms with E-state index < -0.39 is 0 Å². The first-order valence-electron chi connectivity index (χ1n) is 26.1. The first-order chi connectivity index (χ1) is 26.8. The molecule has 0 N–H and O–H groups in total. The second kappa shape index (κ2) is 50.5. The van der Waals surface area contributed by atoms with Crippen LogP contribution in [0.25, 0.3) is 0 Å². The van der Waals surface area contributed by atoms with E-state index in [0.717, 1.165) is 0 Å². The Morgan fingerprint density at radius 3 is 0.722 bits per heavy atom. The van der Waals surface area contributed by atoms with Gasteiger partial charge in [-0.2, -0.15) is 0 Å². The minimum Gasteiger partial charge on any atom is -0.103 e. The van der Waals surface area contributed by atoms with Crippen LogP contribution >= 0.6 is 0 Å². The zero-order valence-electron chi connectivity index (χ0n) is 38.3. The Morgan fingerprint density at radius 1 is 0.259 bits per heavy atom. The molecule has 0 nitrogen and oxygen atoms in total. The maximum atomic E-state index is 3.82. The molecule has 0 unspecified atom stereocenters. The highest BCUT2D eigenvalue weighted by molar-refractivity contribution is 5.02. The van der Waals surface area contributed by atoms with Gasteiger partial charge in [0.1, 0.15) is 0 Å². The number of allylic oxidation sites excluding steroid dienone is 3. The fourth-order valence-corrected chi connectivity index (χ4v) is 8.64. The summed E-state index contributed by atoms with van der Waals surface area (Å²) in [7, 11) is 0. The van der Waals surface area contributed by atoms with Crippen LogP contribution in [0.1, 0.15) is 322 Å². The lowest BCUT2D eigenvalue weighted by Gasteiger charge is -2.09. The third kappa shape index (κ3) is 47.6. The fourth-order valence-electron chi connectivity index (χ4n) is 8.64. The van der Waals surface area contributed by atoms with Crippen LogP contribution in [0.2, 0.25) is 0 Å². The van der Waals surface area contributed by atoms with Gasteiger partial charge < -0.3 is 0 Å². The van der Waals surface area contributed by atoms with Crippen molar-refractivity contribution in [3.63, 3.8) is 0 Å². The van der Waals surface area contributed by atoms with Crippen molar-refractivity contribution in [2.45, 2.75) is 322 Å². The minimum absolute atomic E-state index is 1.21. The van der Waals surface area contributed by atoms with Gasteiger partial charge in [0.15, 0.2) is 0 Å². The molecular formula is C54H106. The lowest BCUT2D eigenvalue weighted by molar-refractivity contribution is 0.517. The minimum atomic E-state index is 1.21. The highest BCUT2D eigenvalue weighted by atomic mass is 14.1. The van der Waals surface area contributed by atoms with E-state index >= 15 is 0 Å². The molecule has 0 bridgehead atoms. The van der Waals surface area contributed by atoms with Crippen LogP contribution in [0.5, 0.6) is 0 Å².